The van der Waals surface area contributed by atoms with Crippen molar-refractivity contribution in [3.63, 3.8) is 0 Å². The Morgan fingerprint density at radius 1 is 1.30 bits per heavy atom. The van der Waals surface area contributed by atoms with Crippen molar-refractivity contribution >= 4 is 0 Å². The molecular formula is C17H25NO2. The van der Waals surface area contributed by atoms with Crippen molar-refractivity contribution in [2.75, 3.05) is 13.2 Å². The molecule has 2 atom stereocenters. The predicted molar refractivity (Wildman–Crippen MR) is 80.1 cm³/mol. The van der Waals surface area contributed by atoms with E-state index in [1.165, 1.54) is 24.0 Å². The molecule has 20 heavy (non-hydrogen) atoms. The molecule has 2 unspecified atom stereocenters. The molecule has 0 aromatic heterocycles. The SMILES string of the molecule is CC1(C(N)CCc2ccc3c(c2)CCO3)CCCCO1. The number of fused-ring (bicyclic) bond motifs is 1. The molecule has 3 heteroatoms. The van der Waals surface area contributed by atoms with Gasteiger partial charge in [0.15, 0.2) is 0 Å². The van der Waals surface area contributed by atoms with Gasteiger partial charge in [0.25, 0.3) is 0 Å². The topological polar surface area (TPSA) is 44.5 Å². The highest BCUT2D eigenvalue weighted by molar-refractivity contribution is 5.39. The smallest absolute Gasteiger partial charge is 0.122 e. The highest BCUT2D eigenvalue weighted by Gasteiger charge is 2.34. The van der Waals surface area contributed by atoms with Crippen LogP contribution in [-0.4, -0.2) is 24.9 Å². The molecule has 2 heterocycles. The Morgan fingerprint density at radius 3 is 3.00 bits per heavy atom. The van der Waals surface area contributed by atoms with Crippen molar-refractivity contribution in [2.45, 2.75) is 57.1 Å². The lowest BCUT2D eigenvalue weighted by Crippen LogP contribution is -2.49. The molecule has 0 bridgehead atoms. The van der Waals surface area contributed by atoms with Crippen LogP contribution < -0.4 is 10.5 Å². The zero-order valence-electron chi connectivity index (χ0n) is 12.4. The highest BCUT2D eigenvalue weighted by atomic mass is 16.5. The number of rotatable bonds is 4. The molecule has 0 saturated carbocycles. The quantitative estimate of drug-likeness (QED) is 0.919. The molecule has 2 aliphatic rings. The fourth-order valence-corrected chi connectivity index (χ4v) is 3.27. The summed E-state index contributed by atoms with van der Waals surface area (Å²) in [6, 6.07) is 6.66. The van der Waals surface area contributed by atoms with E-state index in [2.05, 4.69) is 25.1 Å². The lowest BCUT2D eigenvalue weighted by atomic mass is 9.85. The van der Waals surface area contributed by atoms with Gasteiger partial charge in [-0.15, -0.1) is 0 Å². The fourth-order valence-electron chi connectivity index (χ4n) is 3.27. The minimum Gasteiger partial charge on any atom is -0.493 e. The Hall–Kier alpha value is -1.06. The van der Waals surface area contributed by atoms with E-state index in [1.54, 1.807) is 0 Å². The van der Waals surface area contributed by atoms with E-state index in [-0.39, 0.29) is 11.6 Å². The van der Waals surface area contributed by atoms with E-state index in [0.717, 1.165) is 44.6 Å². The number of hydrogen-bond donors (Lipinski definition) is 1. The summed E-state index contributed by atoms with van der Waals surface area (Å²) in [7, 11) is 0. The predicted octanol–water partition coefficient (Wildman–Crippen LogP) is 2.84. The van der Waals surface area contributed by atoms with Crippen molar-refractivity contribution in [1.29, 1.82) is 0 Å². The first-order valence-corrected chi connectivity index (χ1v) is 7.81. The molecule has 2 N–H and O–H groups in total. The maximum absolute atomic E-state index is 6.39. The molecule has 110 valence electrons. The molecule has 0 radical (unpaired) electrons. The van der Waals surface area contributed by atoms with Gasteiger partial charge in [0.05, 0.1) is 12.2 Å². The van der Waals surface area contributed by atoms with Gasteiger partial charge in [-0.2, -0.15) is 0 Å². The summed E-state index contributed by atoms with van der Waals surface area (Å²) < 4.78 is 11.5. The third kappa shape index (κ3) is 2.84. The molecule has 0 amide bonds. The molecule has 2 aliphatic heterocycles. The van der Waals surface area contributed by atoms with Gasteiger partial charge in [-0.25, -0.2) is 0 Å². The van der Waals surface area contributed by atoms with Crippen LogP contribution in [0.2, 0.25) is 0 Å². The summed E-state index contributed by atoms with van der Waals surface area (Å²) in [5.74, 6) is 1.06. The second kappa shape index (κ2) is 5.74. The van der Waals surface area contributed by atoms with E-state index in [1.807, 2.05) is 0 Å². The maximum atomic E-state index is 6.39. The number of nitrogens with two attached hydrogens (primary N) is 1. The van der Waals surface area contributed by atoms with E-state index >= 15 is 0 Å². The van der Waals surface area contributed by atoms with Crippen molar-refractivity contribution < 1.29 is 9.47 Å². The number of benzene rings is 1. The Morgan fingerprint density at radius 2 is 2.20 bits per heavy atom. The number of hydrogen-bond acceptors (Lipinski definition) is 3. The van der Waals surface area contributed by atoms with E-state index in [4.69, 9.17) is 15.2 Å². The van der Waals surface area contributed by atoms with E-state index in [9.17, 15) is 0 Å². The van der Waals surface area contributed by atoms with Crippen molar-refractivity contribution in [2.24, 2.45) is 5.73 Å². The minimum absolute atomic E-state index is 0.118. The summed E-state index contributed by atoms with van der Waals surface area (Å²) in [6.45, 7) is 3.86. The van der Waals surface area contributed by atoms with E-state index < -0.39 is 0 Å². The molecule has 1 aromatic rings. The number of aryl methyl sites for hydroxylation is 1. The average Bonchev–Trinajstić information content (AvgIpc) is 2.93. The first-order valence-electron chi connectivity index (χ1n) is 7.81. The van der Waals surface area contributed by atoms with Gasteiger partial charge in [0.2, 0.25) is 0 Å². The fraction of sp³-hybridized carbons (Fsp3) is 0.647. The summed E-state index contributed by atoms with van der Waals surface area (Å²) in [6.07, 6.45) is 6.54. The minimum atomic E-state index is -0.127. The summed E-state index contributed by atoms with van der Waals surface area (Å²) in [4.78, 5) is 0. The van der Waals surface area contributed by atoms with Crippen LogP contribution in [-0.2, 0) is 17.6 Å². The van der Waals surface area contributed by atoms with Crippen molar-refractivity contribution in [3.8, 4) is 5.75 Å². The molecule has 0 aliphatic carbocycles. The first-order chi connectivity index (χ1) is 9.67. The largest absolute Gasteiger partial charge is 0.493 e. The van der Waals surface area contributed by atoms with Gasteiger partial charge in [-0.3, -0.25) is 0 Å². The lowest BCUT2D eigenvalue weighted by Gasteiger charge is -2.38. The lowest BCUT2D eigenvalue weighted by molar-refractivity contribution is -0.0822. The van der Waals surface area contributed by atoms with E-state index in [0.29, 0.717) is 0 Å². The second-order valence-electron chi connectivity index (χ2n) is 6.30. The van der Waals surface area contributed by atoms with Crippen LogP contribution in [0, 0.1) is 0 Å². The normalized spacial score (nSPS) is 26.9. The second-order valence-corrected chi connectivity index (χ2v) is 6.30. The molecule has 3 rings (SSSR count). The molecule has 0 spiro atoms. The molecule has 3 nitrogen and oxygen atoms in total. The van der Waals surface area contributed by atoms with Crippen LogP contribution >= 0.6 is 0 Å². The Balaban J connectivity index is 1.58. The van der Waals surface area contributed by atoms with Crippen molar-refractivity contribution in [1.82, 2.24) is 0 Å². The van der Waals surface area contributed by atoms with Gasteiger partial charge < -0.3 is 15.2 Å². The Labute approximate surface area is 121 Å². The average molecular weight is 275 g/mol. The van der Waals surface area contributed by atoms with Gasteiger partial charge in [0.1, 0.15) is 5.75 Å². The summed E-state index contributed by atoms with van der Waals surface area (Å²) in [5, 5.41) is 0. The van der Waals surface area contributed by atoms with Crippen LogP contribution in [0.5, 0.6) is 5.75 Å². The van der Waals surface area contributed by atoms with Crippen LogP contribution in [0.25, 0.3) is 0 Å². The number of ether oxygens (including phenoxy) is 2. The molecule has 1 saturated heterocycles. The van der Waals surface area contributed by atoms with Crippen LogP contribution in [0.3, 0.4) is 0 Å². The third-order valence-corrected chi connectivity index (χ3v) is 4.78. The third-order valence-electron chi connectivity index (χ3n) is 4.78. The molecule has 1 fully saturated rings. The highest BCUT2D eigenvalue weighted by Crippen LogP contribution is 2.30. The maximum Gasteiger partial charge on any atom is 0.122 e. The molecule has 1 aromatic carbocycles. The zero-order valence-corrected chi connectivity index (χ0v) is 12.4. The van der Waals surface area contributed by atoms with Crippen LogP contribution in [0.4, 0.5) is 0 Å². The first kappa shape index (κ1) is 13.9. The van der Waals surface area contributed by atoms with Gasteiger partial charge >= 0.3 is 0 Å². The molecular weight excluding hydrogens is 250 g/mol. The standard InChI is InChI=1S/C17H25NO2/c1-17(9-2-3-10-20-17)16(18)7-5-13-4-6-15-14(12-13)8-11-19-15/h4,6,12,16H,2-3,5,7-11,18H2,1H3. The Kier molecular flexibility index (Phi) is 3.99. The van der Waals surface area contributed by atoms with Gasteiger partial charge in [0, 0.05) is 19.1 Å². The zero-order chi connectivity index (χ0) is 14.0. The monoisotopic (exact) mass is 275 g/mol. The van der Waals surface area contributed by atoms with Crippen molar-refractivity contribution in [3.05, 3.63) is 29.3 Å². The van der Waals surface area contributed by atoms with Crippen LogP contribution in [0.1, 0.15) is 43.7 Å². The summed E-state index contributed by atoms with van der Waals surface area (Å²) in [5.41, 5.74) is 8.98. The Bertz CT molecular complexity index is 466. The van der Waals surface area contributed by atoms with Crippen LogP contribution in [0.15, 0.2) is 18.2 Å². The van der Waals surface area contributed by atoms with Gasteiger partial charge in [-0.05, 0) is 56.2 Å². The summed E-state index contributed by atoms with van der Waals surface area (Å²) >= 11 is 0. The van der Waals surface area contributed by atoms with Gasteiger partial charge in [-0.1, -0.05) is 12.1 Å².